The minimum Gasteiger partial charge on any atom is -0.476 e. The molecule has 0 saturated carbocycles. The predicted octanol–water partition coefficient (Wildman–Crippen LogP) is 4.29. The van der Waals surface area contributed by atoms with Crippen molar-refractivity contribution in [1.82, 2.24) is 14.9 Å². The lowest BCUT2D eigenvalue weighted by Crippen LogP contribution is -2.43. The molecule has 3 saturated heterocycles. The van der Waals surface area contributed by atoms with Crippen LogP contribution in [0.2, 0.25) is 5.15 Å². The number of nitrogens with zero attached hydrogens (tertiary/aromatic N) is 4. The molecule has 0 aliphatic carbocycles. The highest BCUT2D eigenvalue weighted by Gasteiger charge is 2.49. The van der Waals surface area contributed by atoms with E-state index in [1.165, 1.54) is 0 Å². The number of ether oxygens (including phenoxy) is 1. The van der Waals surface area contributed by atoms with E-state index in [0.717, 1.165) is 51.0 Å². The van der Waals surface area contributed by atoms with Gasteiger partial charge in [0, 0.05) is 37.5 Å². The Kier molecular flexibility index (Phi) is 4.78. The SMILES string of the molecule is Cc1nc(Cl)c(F)c2nc(OC[C@@]34CCCN3C[C@H](F)C4)cc(N3CCCC3)c12. The van der Waals surface area contributed by atoms with E-state index in [1.54, 1.807) is 0 Å². The second kappa shape index (κ2) is 7.20. The molecule has 156 valence electrons. The van der Waals surface area contributed by atoms with E-state index in [9.17, 15) is 8.78 Å². The lowest BCUT2D eigenvalue weighted by Gasteiger charge is -2.31. The summed E-state index contributed by atoms with van der Waals surface area (Å²) in [6.45, 7) is 5.38. The van der Waals surface area contributed by atoms with Crippen LogP contribution in [0, 0.1) is 12.7 Å². The van der Waals surface area contributed by atoms with Crippen molar-refractivity contribution in [2.75, 3.05) is 37.7 Å². The fraction of sp³-hybridized carbons (Fsp3) is 0.619. The number of alkyl halides is 1. The van der Waals surface area contributed by atoms with Gasteiger partial charge in [-0.3, -0.25) is 4.90 Å². The Hall–Kier alpha value is -1.73. The molecule has 2 aromatic heterocycles. The van der Waals surface area contributed by atoms with Gasteiger partial charge in [0.15, 0.2) is 11.0 Å². The summed E-state index contributed by atoms with van der Waals surface area (Å²) in [5.41, 5.74) is 1.47. The predicted molar refractivity (Wildman–Crippen MR) is 109 cm³/mol. The largest absolute Gasteiger partial charge is 0.476 e. The number of aryl methyl sites for hydroxylation is 1. The fourth-order valence-corrected chi connectivity index (χ4v) is 5.53. The van der Waals surface area contributed by atoms with Crippen molar-refractivity contribution in [3.8, 4) is 5.88 Å². The lowest BCUT2D eigenvalue weighted by atomic mass is 9.95. The molecular formula is C21H25ClF2N4O. The molecule has 0 amide bonds. The molecule has 5 heterocycles. The smallest absolute Gasteiger partial charge is 0.216 e. The van der Waals surface area contributed by atoms with Crippen LogP contribution in [-0.4, -0.2) is 59.4 Å². The first kappa shape index (κ1) is 19.2. The van der Waals surface area contributed by atoms with Crippen LogP contribution < -0.4 is 9.64 Å². The Morgan fingerprint density at radius 1 is 1.24 bits per heavy atom. The summed E-state index contributed by atoms with van der Waals surface area (Å²) < 4.78 is 35.0. The van der Waals surface area contributed by atoms with E-state index in [1.807, 2.05) is 13.0 Å². The van der Waals surface area contributed by atoms with Crippen molar-refractivity contribution in [2.45, 2.75) is 50.7 Å². The zero-order chi connectivity index (χ0) is 20.2. The molecular weight excluding hydrogens is 398 g/mol. The van der Waals surface area contributed by atoms with Crippen LogP contribution in [0.5, 0.6) is 5.88 Å². The first-order chi connectivity index (χ1) is 14.0. The number of halogens is 3. The van der Waals surface area contributed by atoms with Crippen LogP contribution >= 0.6 is 11.6 Å². The first-order valence-corrected chi connectivity index (χ1v) is 10.8. The van der Waals surface area contributed by atoms with E-state index < -0.39 is 12.0 Å². The van der Waals surface area contributed by atoms with Gasteiger partial charge in [-0.05, 0) is 39.2 Å². The molecule has 5 nitrogen and oxygen atoms in total. The molecule has 3 aliphatic rings. The van der Waals surface area contributed by atoms with Crippen molar-refractivity contribution in [1.29, 1.82) is 0 Å². The van der Waals surface area contributed by atoms with E-state index in [4.69, 9.17) is 16.3 Å². The molecule has 0 unspecified atom stereocenters. The molecule has 3 fully saturated rings. The van der Waals surface area contributed by atoms with Gasteiger partial charge in [-0.1, -0.05) is 11.6 Å². The third kappa shape index (κ3) is 3.22. The average Bonchev–Trinajstić information content (AvgIpc) is 3.40. The second-order valence-electron chi connectivity index (χ2n) is 8.56. The molecule has 2 atom stereocenters. The molecule has 29 heavy (non-hydrogen) atoms. The van der Waals surface area contributed by atoms with Crippen LogP contribution in [0.4, 0.5) is 14.5 Å². The fourth-order valence-electron chi connectivity index (χ4n) is 5.31. The minimum absolute atomic E-state index is 0.177. The van der Waals surface area contributed by atoms with Gasteiger partial charge < -0.3 is 9.64 Å². The number of anilines is 1. The van der Waals surface area contributed by atoms with Gasteiger partial charge in [-0.15, -0.1) is 0 Å². The van der Waals surface area contributed by atoms with Gasteiger partial charge in [0.25, 0.3) is 0 Å². The Morgan fingerprint density at radius 2 is 2.03 bits per heavy atom. The maximum absolute atomic E-state index is 14.8. The summed E-state index contributed by atoms with van der Waals surface area (Å²) >= 11 is 6.00. The molecule has 0 spiro atoms. The Bertz CT molecular complexity index is 952. The summed E-state index contributed by atoms with van der Waals surface area (Å²) in [5.74, 6) is -0.257. The zero-order valence-corrected chi connectivity index (χ0v) is 17.3. The van der Waals surface area contributed by atoms with Crippen molar-refractivity contribution < 1.29 is 13.5 Å². The Morgan fingerprint density at radius 3 is 2.83 bits per heavy atom. The Balaban J connectivity index is 1.53. The second-order valence-corrected chi connectivity index (χ2v) is 8.92. The summed E-state index contributed by atoms with van der Waals surface area (Å²) in [6.07, 6.45) is 3.84. The van der Waals surface area contributed by atoms with Crippen molar-refractivity contribution in [2.24, 2.45) is 0 Å². The number of rotatable bonds is 4. The average molecular weight is 423 g/mol. The monoisotopic (exact) mass is 422 g/mol. The highest BCUT2D eigenvalue weighted by molar-refractivity contribution is 6.30. The molecule has 8 heteroatoms. The summed E-state index contributed by atoms with van der Waals surface area (Å²) in [4.78, 5) is 13.0. The highest BCUT2D eigenvalue weighted by Crippen LogP contribution is 2.41. The topological polar surface area (TPSA) is 41.5 Å². The third-order valence-electron chi connectivity index (χ3n) is 6.69. The summed E-state index contributed by atoms with van der Waals surface area (Å²) in [7, 11) is 0. The number of hydrogen-bond acceptors (Lipinski definition) is 5. The standard InChI is InChI=1S/C21H25ClF2N4O/c1-13-17-15(27-6-2-3-7-27)9-16(26-19(17)18(24)20(22)25-13)29-12-21-5-4-8-28(21)11-14(23)10-21/h9,14H,2-8,10-12H2,1H3/t14-,21+/m1/s1. The maximum Gasteiger partial charge on any atom is 0.216 e. The molecule has 0 aromatic carbocycles. The molecule has 5 rings (SSSR count). The molecule has 0 radical (unpaired) electrons. The molecule has 0 bridgehead atoms. The highest BCUT2D eigenvalue weighted by atomic mass is 35.5. The molecule has 0 N–H and O–H groups in total. The van der Waals surface area contributed by atoms with Gasteiger partial charge in [0.05, 0.1) is 16.9 Å². The summed E-state index contributed by atoms with van der Waals surface area (Å²) in [6, 6.07) is 1.88. The summed E-state index contributed by atoms with van der Waals surface area (Å²) in [5, 5.41) is 0.509. The quantitative estimate of drug-likeness (QED) is 0.688. The number of aromatic nitrogens is 2. The van der Waals surface area contributed by atoms with Gasteiger partial charge in [0.2, 0.25) is 5.88 Å². The van der Waals surface area contributed by atoms with Crippen LogP contribution in [0.1, 0.15) is 37.8 Å². The first-order valence-electron chi connectivity index (χ1n) is 10.4. The van der Waals surface area contributed by atoms with Crippen LogP contribution in [0.25, 0.3) is 10.9 Å². The van der Waals surface area contributed by atoms with E-state index >= 15 is 0 Å². The normalized spacial score (nSPS) is 27.2. The van der Waals surface area contributed by atoms with Crippen molar-refractivity contribution >= 4 is 28.2 Å². The van der Waals surface area contributed by atoms with Crippen LogP contribution in [0.3, 0.4) is 0 Å². The van der Waals surface area contributed by atoms with Crippen LogP contribution in [0.15, 0.2) is 6.07 Å². The van der Waals surface area contributed by atoms with E-state index in [2.05, 4.69) is 19.8 Å². The van der Waals surface area contributed by atoms with E-state index in [-0.39, 0.29) is 16.2 Å². The van der Waals surface area contributed by atoms with E-state index in [0.29, 0.717) is 36.5 Å². The lowest BCUT2D eigenvalue weighted by molar-refractivity contribution is 0.111. The van der Waals surface area contributed by atoms with Gasteiger partial charge >= 0.3 is 0 Å². The van der Waals surface area contributed by atoms with Gasteiger partial charge in [-0.2, -0.15) is 0 Å². The Labute approximate surface area is 174 Å². The number of pyridine rings is 2. The minimum atomic E-state index is -0.811. The molecule has 2 aromatic rings. The van der Waals surface area contributed by atoms with Crippen molar-refractivity contribution in [3.05, 3.63) is 22.7 Å². The van der Waals surface area contributed by atoms with Gasteiger partial charge in [-0.25, -0.2) is 18.7 Å². The third-order valence-corrected chi connectivity index (χ3v) is 6.94. The maximum atomic E-state index is 14.8. The number of fused-ring (bicyclic) bond motifs is 2. The number of hydrogen-bond donors (Lipinski definition) is 0. The van der Waals surface area contributed by atoms with Crippen molar-refractivity contribution in [3.63, 3.8) is 0 Å². The molecule has 3 aliphatic heterocycles. The van der Waals surface area contributed by atoms with Gasteiger partial charge in [0.1, 0.15) is 18.3 Å². The zero-order valence-electron chi connectivity index (χ0n) is 16.6. The van der Waals surface area contributed by atoms with Crippen LogP contribution in [-0.2, 0) is 0 Å².